The predicted molar refractivity (Wildman–Crippen MR) is 138 cm³/mol. The molecule has 1 saturated carbocycles. The average Bonchev–Trinajstić information content (AvgIpc) is 3.64. The number of hydrogen-bond donors (Lipinski definition) is 1. The molecule has 0 unspecified atom stereocenters. The van der Waals surface area contributed by atoms with Crippen LogP contribution >= 0.6 is 0 Å². The maximum Gasteiger partial charge on any atom is 0.256 e. The quantitative estimate of drug-likeness (QED) is 0.437. The van der Waals surface area contributed by atoms with Gasteiger partial charge in [0.05, 0.1) is 12.2 Å². The summed E-state index contributed by atoms with van der Waals surface area (Å²) in [7, 11) is 0. The van der Waals surface area contributed by atoms with Crippen molar-refractivity contribution in [3.8, 4) is 33.8 Å². The Morgan fingerprint density at radius 2 is 1.72 bits per heavy atom. The molecular weight excluding hydrogens is 450 g/mol. The fraction of sp³-hybridized carbons (Fsp3) is 0.286. The van der Waals surface area contributed by atoms with E-state index in [1.54, 1.807) is 0 Å². The SMILES string of the molecule is CC1=NC2(CCCC2)C(=O)N1Cc1ccc(-c2cc(-c3cc(C)ccn3)ccc2-c2nn[nH]n2)cc1. The highest BCUT2D eigenvalue weighted by atomic mass is 16.2. The number of carbonyl (C=O) groups is 1. The van der Waals surface area contributed by atoms with Crippen molar-refractivity contribution in [2.45, 2.75) is 51.6 Å². The van der Waals surface area contributed by atoms with Gasteiger partial charge >= 0.3 is 0 Å². The van der Waals surface area contributed by atoms with Crippen molar-refractivity contribution in [2.24, 2.45) is 4.99 Å². The fourth-order valence-corrected chi connectivity index (χ4v) is 5.37. The number of hydrogen-bond acceptors (Lipinski definition) is 6. The molecule has 1 aliphatic heterocycles. The number of H-pyrrole nitrogens is 1. The smallest absolute Gasteiger partial charge is 0.256 e. The summed E-state index contributed by atoms with van der Waals surface area (Å²) >= 11 is 0. The number of aromatic amines is 1. The molecule has 3 heterocycles. The number of nitrogens with one attached hydrogen (secondary N) is 1. The van der Waals surface area contributed by atoms with Crippen molar-refractivity contribution >= 4 is 11.7 Å². The molecule has 180 valence electrons. The Balaban J connectivity index is 1.32. The van der Waals surface area contributed by atoms with Gasteiger partial charge in [0.1, 0.15) is 11.4 Å². The van der Waals surface area contributed by atoms with E-state index < -0.39 is 5.54 Å². The molecule has 0 atom stereocenters. The van der Waals surface area contributed by atoms with Crippen LogP contribution in [0.5, 0.6) is 0 Å². The second-order valence-electron chi connectivity index (χ2n) is 9.70. The topological polar surface area (TPSA) is 100 Å². The van der Waals surface area contributed by atoms with Gasteiger partial charge in [0, 0.05) is 17.3 Å². The zero-order valence-corrected chi connectivity index (χ0v) is 20.4. The van der Waals surface area contributed by atoms with E-state index in [0.29, 0.717) is 12.4 Å². The molecule has 0 radical (unpaired) electrons. The molecule has 2 aromatic heterocycles. The third-order valence-corrected chi connectivity index (χ3v) is 7.26. The van der Waals surface area contributed by atoms with Gasteiger partial charge in [-0.25, -0.2) is 0 Å². The summed E-state index contributed by atoms with van der Waals surface area (Å²) < 4.78 is 0. The molecule has 0 bridgehead atoms. The number of carbonyl (C=O) groups excluding carboxylic acids is 1. The molecule has 1 fully saturated rings. The molecule has 1 spiro atoms. The average molecular weight is 478 g/mol. The van der Waals surface area contributed by atoms with Crippen LogP contribution < -0.4 is 0 Å². The van der Waals surface area contributed by atoms with Gasteiger partial charge in [0.25, 0.3) is 5.91 Å². The van der Waals surface area contributed by atoms with Crippen LogP contribution in [0.3, 0.4) is 0 Å². The zero-order valence-electron chi connectivity index (χ0n) is 20.4. The number of amidine groups is 1. The highest BCUT2D eigenvalue weighted by Gasteiger charge is 2.48. The highest BCUT2D eigenvalue weighted by Crippen LogP contribution is 2.39. The van der Waals surface area contributed by atoms with Crippen molar-refractivity contribution in [3.05, 3.63) is 71.9 Å². The molecule has 2 aliphatic rings. The number of amides is 1. The summed E-state index contributed by atoms with van der Waals surface area (Å²) in [5.41, 5.74) is 6.54. The molecule has 2 aromatic carbocycles. The second-order valence-corrected chi connectivity index (χ2v) is 9.70. The lowest BCUT2D eigenvalue weighted by Crippen LogP contribution is -2.40. The first-order valence-corrected chi connectivity index (χ1v) is 12.3. The second kappa shape index (κ2) is 8.78. The third-order valence-electron chi connectivity index (χ3n) is 7.26. The van der Waals surface area contributed by atoms with Crippen LogP contribution in [0.25, 0.3) is 33.8 Å². The van der Waals surface area contributed by atoms with Gasteiger partial charge in [-0.15, -0.1) is 10.2 Å². The Morgan fingerprint density at radius 3 is 2.44 bits per heavy atom. The summed E-state index contributed by atoms with van der Waals surface area (Å²) in [5.74, 6) is 1.51. The van der Waals surface area contributed by atoms with Gasteiger partial charge in [-0.1, -0.05) is 43.2 Å². The van der Waals surface area contributed by atoms with E-state index in [1.165, 1.54) is 0 Å². The van der Waals surface area contributed by atoms with E-state index in [2.05, 4.69) is 68.9 Å². The molecular formula is C28H27N7O. The Kier molecular flexibility index (Phi) is 5.44. The van der Waals surface area contributed by atoms with Crippen LogP contribution in [-0.4, -0.2) is 47.8 Å². The Hall–Kier alpha value is -4.20. The molecule has 0 saturated heterocycles. The van der Waals surface area contributed by atoms with Gasteiger partial charge in [-0.3, -0.25) is 19.7 Å². The van der Waals surface area contributed by atoms with E-state index in [-0.39, 0.29) is 5.91 Å². The summed E-state index contributed by atoms with van der Waals surface area (Å²) in [5, 5.41) is 14.7. The van der Waals surface area contributed by atoms with Crippen LogP contribution in [0.1, 0.15) is 43.7 Å². The summed E-state index contributed by atoms with van der Waals surface area (Å²) in [6, 6.07) is 18.5. The van der Waals surface area contributed by atoms with Crippen molar-refractivity contribution in [3.63, 3.8) is 0 Å². The summed E-state index contributed by atoms with van der Waals surface area (Å²) in [6.07, 6.45) is 5.70. The normalized spacial score (nSPS) is 16.7. The van der Waals surface area contributed by atoms with E-state index in [0.717, 1.165) is 70.6 Å². The minimum atomic E-state index is -0.506. The molecule has 1 N–H and O–H groups in total. The van der Waals surface area contributed by atoms with E-state index in [9.17, 15) is 4.79 Å². The third kappa shape index (κ3) is 3.88. The zero-order chi connectivity index (χ0) is 24.7. The lowest BCUT2D eigenvalue weighted by atomic mass is 9.94. The minimum Gasteiger partial charge on any atom is -0.294 e. The molecule has 4 aromatic rings. The van der Waals surface area contributed by atoms with Gasteiger partial charge in [-0.05, 0) is 78.4 Å². The highest BCUT2D eigenvalue weighted by molar-refractivity contribution is 6.07. The monoisotopic (exact) mass is 477 g/mol. The first kappa shape index (κ1) is 22.3. The number of rotatable bonds is 5. The molecule has 8 heteroatoms. The number of aryl methyl sites for hydroxylation is 1. The van der Waals surface area contributed by atoms with Crippen LogP contribution in [0.2, 0.25) is 0 Å². The Morgan fingerprint density at radius 1 is 0.944 bits per heavy atom. The summed E-state index contributed by atoms with van der Waals surface area (Å²) in [4.78, 5) is 24.4. The minimum absolute atomic E-state index is 0.152. The van der Waals surface area contributed by atoms with Gasteiger partial charge in [-0.2, -0.15) is 5.21 Å². The largest absolute Gasteiger partial charge is 0.294 e. The number of nitrogens with zero attached hydrogens (tertiary/aromatic N) is 6. The molecule has 36 heavy (non-hydrogen) atoms. The van der Waals surface area contributed by atoms with E-state index in [1.807, 2.05) is 36.2 Å². The maximum absolute atomic E-state index is 13.2. The van der Waals surface area contributed by atoms with Crippen molar-refractivity contribution in [2.75, 3.05) is 0 Å². The summed E-state index contributed by atoms with van der Waals surface area (Å²) in [6.45, 7) is 4.53. The van der Waals surface area contributed by atoms with Crippen LogP contribution in [0.15, 0.2) is 65.8 Å². The Bertz CT molecular complexity index is 1450. The molecule has 1 amide bonds. The van der Waals surface area contributed by atoms with Gasteiger partial charge in [0.15, 0.2) is 0 Å². The first-order valence-electron chi connectivity index (χ1n) is 12.3. The van der Waals surface area contributed by atoms with Crippen molar-refractivity contribution < 1.29 is 4.79 Å². The van der Waals surface area contributed by atoms with Crippen LogP contribution in [0, 0.1) is 6.92 Å². The molecule has 6 rings (SSSR count). The number of pyridine rings is 1. The van der Waals surface area contributed by atoms with Gasteiger partial charge in [0.2, 0.25) is 5.82 Å². The molecule has 8 nitrogen and oxygen atoms in total. The first-order chi connectivity index (χ1) is 17.5. The molecule has 1 aliphatic carbocycles. The van der Waals surface area contributed by atoms with E-state index >= 15 is 0 Å². The fourth-order valence-electron chi connectivity index (χ4n) is 5.37. The number of tetrazole rings is 1. The van der Waals surface area contributed by atoms with Crippen LogP contribution in [-0.2, 0) is 11.3 Å². The maximum atomic E-state index is 13.2. The van der Waals surface area contributed by atoms with Crippen molar-refractivity contribution in [1.29, 1.82) is 0 Å². The number of aromatic nitrogens is 5. The lowest BCUT2D eigenvalue weighted by Gasteiger charge is -2.22. The van der Waals surface area contributed by atoms with Crippen molar-refractivity contribution in [1.82, 2.24) is 30.5 Å². The number of aliphatic imine (C=N–C) groups is 1. The standard InChI is InChI=1S/C28H27N7O/c1-18-11-14-29-25(15-18)22-9-10-23(26-31-33-34-32-26)24(16-22)21-7-5-20(6-8-21)17-35-19(2)30-28(27(35)36)12-3-4-13-28/h5-11,14-16H,3-4,12-13,17H2,1-2H3,(H,31,32,33,34). The van der Waals surface area contributed by atoms with E-state index in [4.69, 9.17) is 4.99 Å². The van der Waals surface area contributed by atoms with Gasteiger partial charge < -0.3 is 0 Å². The predicted octanol–water partition coefficient (Wildman–Crippen LogP) is 4.98. The lowest BCUT2D eigenvalue weighted by molar-refractivity contribution is -0.131. The Labute approximate surface area is 209 Å². The number of benzene rings is 2. The van der Waals surface area contributed by atoms with Crippen LogP contribution in [0.4, 0.5) is 0 Å².